The standard InChI is InChI=1S/C11H16N2OS2/c1-8-10(16-7-12-8)2-3-13-5-9(6-15)4-11(13)14/h7,9,15H,2-6H2,1H3. The van der Waals surface area contributed by atoms with E-state index in [-0.39, 0.29) is 5.91 Å². The fourth-order valence-corrected chi connectivity index (χ4v) is 3.01. The minimum Gasteiger partial charge on any atom is -0.342 e. The smallest absolute Gasteiger partial charge is 0.222 e. The Labute approximate surface area is 105 Å². The predicted molar refractivity (Wildman–Crippen MR) is 69.1 cm³/mol. The number of carbonyl (C=O) groups excluding carboxylic acids is 1. The first-order chi connectivity index (χ1) is 7.70. The third-order valence-electron chi connectivity index (χ3n) is 3.01. The van der Waals surface area contributed by atoms with Crippen LogP contribution in [0.4, 0.5) is 0 Å². The first-order valence-corrected chi connectivity index (χ1v) is 6.99. The third kappa shape index (κ3) is 2.58. The van der Waals surface area contributed by atoms with Crippen LogP contribution in [-0.4, -0.2) is 34.6 Å². The molecular formula is C11H16N2OS2. The van der Waals surface area contributed by atoms with Crippen LogP contribution in [0.5, 0.6) is 0 Å². The number of carbonyl (C=O) groups is 1. The van der Waals surface area contributed by atoms with Gasteiger partial charge in [0.05, 0.1) is 11.2 Å². The van der Waals surface area contributed by atoms with Crippen molar-refractivity contribution in [3.63, 3.8) is 0 Å². The summed E-state index contributed by atoms with van der Waals surface area (Å²) in [5.41, 5.74) is 2.97. The highest BCUT2D eigenvalue weighted by Crippen LogP contribution is 2.20. The normalized spacial score (nSPS) is 20.8. The quantitative estimate of drug-likeness (QED) is 0.833. The van der Waals surface area contributed by atoms with Crippen molar-refractivity contribution in [3.05, 3.63) is 16.1 Å². The molecule has 0 spiro atoms. The highest BCUT2D eigenvalue weighted by atomic mass is 32.1. The number of thiol groups is 1. The molecule has 0 saturated carbocycles. The van der Waals surface area contributed by atoms with Crippen molar-refractivity contribution in [1.82, 2.24) is 9.88 Å². The second-order valence-electron chi connectivity index (χ2n) is 4.20. The molecule has 1 aliphatic rings. The summed E-state index contributed by atoms with van der Waals surface area (Å²) in [6.07, 6.45) is 1.60. The van der Waals surface area contributed by atoms with Crippen LogP contribution < -0.4 is 0 Å². The zero-order chi connectivity index (χ0) is 11.5. The number of aryl methyl sites for hydroxylation is 1. The maximum Gasteiger partial charge on any atom is 0.222 e. The minimum absolute atomic E-state index is 0.279. The molecular weight excluding hydrogens is 240 g/mol. The Morgan fingerprint density at radius 1 is 1.69 bits per heavy atom. The molecule has 1 amide bonds. The number of hydrogen-bond acceptors (Lipinski definition) is 4. The molecule has 16 heavy (non-hydrogen) atoms. The van der Waals surface area contributed by atoms with Gasteiger partial charge in [-0.25, -0.2) is 4.98 Å². The molecule has 1 saturated heterocycles. The summed E-state index contributed by atoms with van der Waals surface area (Å²) in [4.78, 5) is 19.1. The molecule has 1 aliphatic heterocycles. The van der Waals surface area contributed by atoms with Gasteiger partial charge in [0.25, 0.3) is 0 Å². The van der Waals surface area contributed by atoms with E-state index in [2.05, 4.69) is 17.6 Å². The van der Waals surface area contributed by atoms with Gasteiger partial charge >= 0.3 is 0 Å². The summed E-state index contributed by atoms with van der Waals surface area (Å²) < 4.78 is 0. The van der Waals surface area contributed by atoms with Crippen molar-refractivity contribution in [2.24, 2.45) is 5.92 Å². The zero-order valence-corrected chi connectivity index (χ0v) is 11.1. The van der Waals surface area contributed by atoms with E-state index in [1.54, 1.807) is 11.3 Å². The number of amides is 1. The summed E-state index contributed by atoms with van der Waals surface area (Å²) in [5.74, 6) is 1.53. The monoisotopic (exact) mass is 256 g/mol. The Balaban J connectivity index is 1.87. The van der Waals surface area contributed by atoms with Crippen LogP contribution in [0.1, 0.15) is 17.0 Å². The second kappa shape index (κ2) is 5.19. The van der Waals surface area contributed by atoms with Gasteiger partial charge in [0.2, 0.25) is 5.91 Å². The average molecular weight is 256 g/mol. The molecule has 2 heterocycles. The van der Waals surface area contributed by atoms with Crippen LogP contribution in [0.3, 0.4) is 0 Å². The van der Waals surface area contributed by atoms with E-state index < -0.39 is 0 Å². The fraction of sp³-hybridized carbons (Fsp3) is 0.636. The zero-order valence-electron chi connectivity index (χ0n) is 9.35. The van der Waals surface area contributed by atoms with Crippen LogP contribution in [0.15, 0.2) is 5.51 Å². The molecule has 1 aromatic heterocycles. The summed E-state index contributed by atoms with van der Waals surface area (Å²) in [5, 5.41) is 0. The Kier molecular flexibility index (Phi) is 3.86. The van der Waals surface area contributed by atoms with Gasteiger partial charge in [0.1, 0.15) is 0 Å². The van der Waals surface area contributed by atoms with Crippen molar-refractivity contribution >= 4 is 29.9 Å². The summed E-state index contributed by atoms with van der Waals surface area (Å²) >= 11 is 5.93. The van der Waals surface area contributed by atoms with Gasteiger partial charge < -0.3 is 4.90 Å². The fourth-order valence-electron chi connectivity index (χ4n) is 1.99. The van der Waals surface area contributed by atoms with E-state index in [0.29, 0.717) is 12.3 Å². The Morgan fingerprint density at radius 2 is 2.50 bits per heavy atom. The molecule has 1 fully saturated rings. The molecule has 0 radical (unpaired) electrons. The first-order valence-electron chi connectivity index (χ1n) is 5.48. The summed E-state index contributed by atoms with van der Waals surface area (Å²) in [6, 6.07) is 0. The molecule has 0 bridgehead atoms. The molecule has 88 valence electrons. The Bertz CT molecular complexity index is 378. The van der Waals surface area contributed by atoms with Crippen LogP contribution in [0.2, 0.25) is 0 Å². The third-order valence-corrected chi connectivity index (χ3v) is 4.52. The SMILES string of the molecule is Cc1ncsc1CCN1CC(CS)CC1=O. The van der Waals surface area contributed by atoms with Crippen molar-refractivity contribution < 1.29 is 4.79 Å². The largest absolute Gasteiger partial charge is 0.342 e. The first kappa shape index (κ1) is 11.9. The van der Waals surface area contributed by atoms with Crippen LogP contribution in [-0.2, 0) is 11.2 Å². The lowest BCUT2D eigenvalue weighted by Crippen LogP contribution is -2.27. The number of hydrogen-bond donors (Lipinski definition) is 1. The van der Waals surface area contributed by atoms with E-state index in [9.17, 15) is 4.79 Å². The van der Waals surface area contributed by atoms with E-state index in [0.717, 1.165) is 31.0 Å². The van der Waals surface area contributed by atoms with Crippen molar-refractivity contribution in [3.8, 4) is 0 Å². The Hall–Kier alpha value is -0.550. The summed E-state index contributed by atoms with van der Waals surface area (Å²) in [6.45, 7) is 3.72. The lowest BCUT2D eigenvalue weighted by molar-refractivity contribution is -0.127. The van der Waals surface area contributed by atoms with Gasteiger partial charge in [-0.1, -0.05) is 0 Å². The van der Waals surface area contributed by atoms with Gasteiger partial charge in [-0.2, -0.15) is 12.6 Å². The molecule has 1 atom stereocenters. The van der Waals surface area contributed by atoms with Gasteiger partial charge in [0.15, 0.2) is 0 Å². The van der Waals surface area contributed by atoms with Crippen LogP contribution in [0.25, 0.3) is 0 Å². The molecule has 2 rings (SSSR count). The highest BCUT2D eigenvalue weighted by Gasteiger charge is 2.28. The number of nitrogens with zero attached hydrogens (tertiary/aromatic N) is 2. The molecule has 5 heteroatoms. The molecule has 0 aromatic carbocycles. The number of thiazole rings is 1. The van der Waals surface area contributed by atoms with Gasteiger partial charge in [-0.15, -0.1) is 11.3 Å². The number of likely N-dealkylation sites (tertiary alicyclic amines) is 1. The maximum absolute atomic E-state index is 11.7. The topological polar surface area (TPSA) is 33.2 Å². The van der Waals surface area contributed by atoms with Crippen LogP contribution >= 0.6 is 24.0 Å². The molecule has 0 N–H and O–H groups in total. The number of aromatic nitrogens is 1. The highest BCUT2D eigenvalue weighted by molar-refractivity contribution is 7.80. The molecule has 3 nitrogen and oxygen atoms in total. The van der Waals surface area contributed by atoms with Crippen LogP contribution in [0, 0.1) is 12.8 Å². The second-order valence-corrected chi connectivity index (χ2v) is 5.51. The Morgan fingerprint density at radius 3 is 3.06 bits per heavy atom. The summed E-state index contributed by atoms with van der Waals surface area (Å²) in [7, 11) is 0. The van der Waals surface area contributed by atoms with Crippen molar-refractivity contribution in [2.45, 2.75) is 19.8 Å². The van der Waals surface area contributed by atoms with E-state index in [1.807, 2.05) is 17.3 Å². The van der Waals surface area contributed by atoms with Gasteiger partial charge in [-0.3, -0.25) is 4.79 Å². The number of rotatable bonds is 4. The van der Waals surface area contributed by atoms with E-state index in [4.69, 9.17) is 0 Å². The van der Waals surface area contributed by atoms with E-state index in [1.165, 1.54) is 4.88 Å². The lowest BCUT2D eigenvalue weighted by atomic mass is 10.1. The lowest BCUT2D eigenvalue weighted by Gasteiger charge is -2.15. The van der Waals surface area contributed by atoms with E-state index >= 15 is 0 Å². The van der Waals surface area contributed by atoms with Crippen molar-refractivity contribution in [2.75, 3.05) is 18.8 Å². The maximum atomic E-state index is 11.7. The van der Waals surface area contributed by atoms with Crippen molar-refractivity contribution in [1.29, 1.82) is 0 Å². The molecule has 1 unspecified atom stereocenters. The molecule has 0 aliphatic carbocycles. The van der Waals surface area contributed by atoms with Gasteiger partial charge in [0, 0.05) is 30.8 Å². The van der Waals surface area contributed by atoms with Gasteiger partial charge in [-0.05, 0) is 18.6 Å². The average Bonchev–Trinajstić information content (AvgIpc) is 2.82. The molecule has 1 aromatic rings. The predicted octanol–water partition coefficient (Wildman–Crippen LogP) is 1.77. The minimum atomic E-state index is 0.279.